The molecule has 30 heavy (non-hydrogen) atoms. The molecule has 1 saturated heterocycles. The van der Waals surface area contributed by atoms with E-state index in [1.54, 1.807) is 6.08 Å². The van der Waals surface area contributed by atoms with Crippen LogP contribution in [0.25, 0.3) is 6.08 Å². The van der Waals surface area contributed by atoms with E-state index in [0.717, 1.165) is 30.6 Å². The summed E-state index contributed by atoms with van der Waals surface area (Å²) in [5.41, 5.74) is 5.74. The van der Waals surface area contributed by atoms with Gasteiger partial charge in [0.25, 0.3) is 0 Å². The number of rotatable bonds is 12. The number of hydrogen-bond acceptors (Lipinski definition) is 8. The van der Waals surface area contributed by atoms with Crippen LogP contribution >= 0.6 is 0 Å². The van der Waals surface area contributed by atoms with E-state index in [-0.39, 0.29) is 5.82 Å². The largest absolute Gasteiger partial charge is 0.394 e. The lowest BCUT2D eigenvalue weighted by molar-refractivity contribution is -0.0549. The Morgan fingerprint density at radius 3 is 2.43 bits per heavy atom. The molecule has 5 N–H and O–H groups in total. The van der Waals surface area contributed by atoms with Gasteiger partial charge < -0.3 is 30.7 Å². The highest BCUT2D eigenvalue weighted by Crippen LogP contribution is 2.28. The first-order valence-electron chi connectivity index (χ1n) is 10.8. The topological polar surface area (TPSA) is 134 Å². The number of hydrogen-bond donors (Lipinski definition) is 4. The molecular weight excluding hydrogens is 388 g/mol. The van der Waals surface area contributed by atoms with Crippen LogP contribution in [0.1, 0.15) is 57.7 Å². The lowest BCUT2D eigenvalue weighted by atomic mass is 10.1. The second-order valence-electron chi connectivity index (χ2n) is 7.74. The second kappa shape index (κ2) is 12.2. The van der Waals surface area contributed by atoms with E-state index in [9.17, 15) is 20.1 Å². The van der Waals surface area contributed by atoms with Crippen molar-refractivity contribution in [2.75, 3.05) is 32.0 Å². The highest BCUT2D eigenvalue weighted by molar-refractivity contribution is 5.59. The fraction of sp³-hybridized carbons (Fsp3) is 0.714. The Kier molecular flexibility index (Phi) is 9.93. The highest BCUT2D eigenvalue weighted by Gasteiger charge is 2.43. The predicted molar refractivity (Wildman–Crippen MR) is 116 cm³/mol. The Hall–Kier alpha value is -1.78. The standard InChI is InChI=1S/C21H36N4O5/c1-3-5-10-24(11-6-4-2)12-8-7-9-15-13-25(21(29)23-19(15)22)20-18(28)17(27)16(14-26)30-20/h7,9,13,16-18,20,26-28H,3-6,8,10-12,14H2,1-2H3,(H2,22,23,29)/t16-,17-,18-,20-/m1/s1. The van der Waals surface area contributed by atoms with Crippen LogP contribution in [-0.4, -0.2) is 74.3 Å². The summed E-state index contributed by atoms with van der Waals surface area (Å²) in [7, 11) is 0. The zero-order valence-electron chi connectivity index (χ0n) is 18.0. The molecule has 1 fully saturated rings. The van der Waals surface area contributed by atoms with Crippen LogP contribution in [0.2, 0.25) is 0 Å². The van der Waals surface area contributed by atoms with Crippen molar-refractivity contribution in [3.05, 3.63) is 28.3 Å². The first-order chi connectivity index (χ1) is 14.4. The Balaban J connectivity index is 2.07. The summed E-state index contributed by atoms with van der Waals surface area (Å²) in [4.78, 5) is 18.5. The number of aliphatic hydroxyl groups is 3. The van der Waals surface area contributed by atoms with Crippen molar-refractivity contribution in [2.45, 2.75) is 70.5 Å². The Morgan fingerprint density at radius 1 is 1.20 bits per heavy atom. The van der Waals surface area contributed by atoms with E-state index in [2.05, 4.69) is 23.7 Å². The third kappa shape index (κ3) is 6.36. The summed E-state index contributed by atoms with van der Waals surface area (Å²) in [5, 5.41) is 29.4. The highest BCUT2D eigenvalue weighted by atomic mass is 16.6. The zero-order chi connectivity index (χ0) is 22.1. The van der Waals surface area contributed by atoms with E-state index >= 15 is 0 Å². The van der Waals surface area contributed by atoms with Gasteiger partial charge >= 0.3 is 5.69 Å². The van der Waals surface area contributed by atoms with Gasteiger partial charge in [-0.15, -0.1) is 0 Å². The molecule has 1 aromatic rings. The van der Waals surface area contributed by atoms with Crippen molar-refractivity contribution in [1.82, 2.24) is 14.5 Å². The fourth-order valence-electron chi connectivity index (χ4n) is 3.48. The molecule has 4 atom stereocenters. The molecule has 0 unspecified atom stereocenters. The monoisotopic (exact) mass is 424 g/mol. The number of aromatic nitrogens is 2. The van der Waals surface area contributed by atoms with Crippen LogP contribution in [0.15, 0.2) is 17.1 Å². The minimum atomic E-state index is -1.35. The maximum Gasteiger partial charge on any atom is 0.351 e. The average Bonchev–Trinajstić information content (AvgIpc) is 3.02. The zero-order valence-corrected chi connectivity index (χ0v) is 18.0. The lowest BCUT2D eigenvalue weighted by Gasteiger charge is -2.21. The van der Waals surface area contributed by atoms with Crippen molar-refractivity contribution in [3.63, 3.8) is 0 Å². The van der Waals surface area contributed by atoms with Crippen molar-refractivity contribution >= 4 is 11.9 Å². The summed E-state index contributed by atoms with van der Waals surface area (Å²) >= 11 is 0. The molecule has 0 amide bonds. The Morgan fingerprint density at radius 2 is 1.87 bits per heavy atom. The number of aliphatic hydroxyl groups excluding tert-OH is 3. The molecule has 0 radical (unpaired) electrons. The van der Waals surface area contributed by atoms with Gasteiger partial charge in [0.1, 0.15) is 24.1 Å². The van der Waals surface area contributed by atoms with Crippen molar-refractivity contribution in [3.8, 4) is 0 Å². The van der Waals surface area contributed by atoms with Crippen molar-refractivity contribution in [2.24, 2.45) is 0 Å². The number of nitrogen functional groups attached to an aromatic ring is 1. The molecule has 1 aromatic heterocycles. The van der Waals surface area contributed by atoms with Gasteiger partial charge in [0.2, 0.25) is 0 Å². The fourth-order valence-corrected chi connectivity index (χ4v) is 3.48. The SMILES string of the molecule is CCCCN(CCC=Cc1cn([C@@H]2O[C@H](CO)[C@@H](O)[C@H]2O)c(=O)nc1N)CCCC. The van der Waals surface area contributed by atoms with Gasteiger partial charge in [-0.2, -0.15) is 4.98 Å². The molecule has 9 nitrogen and oxygen atoms in total. The molecule has 0 bridgehead atoms. The molecule has 0 aliphatic carbocycles. The smallest absolute Gasteiger partial charge is 0.351 e. The second-order valence-corrected chi connectivity index (χ2v) is 7.74. The van der Waals surface area contributed by atoms with E-state index < -0.39 is 36.8 Å². The molecule has 0 saturated carbocycles. The summed E-state index contributed by atoms with van der Waals surface area (Å²) in [6, 6.07) is 0. The first kappa shape index (κ1) is 24.5. The van der Waals surface area contributed by atoms with Crippen LogP contribution < -0.4 is 11.4 Å². The number of ether oxygens (including phenoxy) is 1. The molecule has 2 heterocycles. The number of unbranched alkanes of at least 4 members (excludes halogenated alkanes) is 2. The van der Waals surface area contributed by atoms with Crippen molar-refractivity contribution < 1.29 is 20.1 Å². The van der Waals surface area contributed by atoms with Crippen molar-refractivity contribution in [1.29, 1.82) is 0 Å². The van der Waals surface area contributed by atoms with E-state index in [1.165, 1.54) is 31.9 Å². The molecule has 1 aliphatic heterocycles. The third-order valence-corrected chi connectivity index (χ3v) is 5.37. The lowest BCUT2D eigenvalue weighted by Crippen LogP contribution is -2.36. The molecule has 0 spiro atoms. The number of nitrogens with two attached hydrogens (primary N) is 1. The minimum absolute atomic E-state index is 0.0908. The Bertz CT molecular complexity index is 731. The first-order valence-corrected chi connectivity index (χ1v) is 10.8. The van der Waals surface area contributed by atoms with Crippen LogP contribution in [0.5, 0.6) is 0 Å². The molecule has 9 heteroatoms. The predicted octanol–water partition coefficient (Wildman–Crippen LogP) is 0.743. The van der Waals surface area contributed by atoms with Gasteiger partial charge in [0, 0.05) is 18.3 Å². The maximum atomic E-state index is 12.3. The van der Waals surface area contributed by atoms with Gasteiger partial charge in [0.15, 0.2) is 6.23 Å². The van der Waals surface area contributed by atoms with E-state index in [4.69, 9.17) is 10.5 Å². The van der Waals surface area contributed by atoms with Crippen LogP contribution in [0.3, 0.4) is 0 Å². The maximum absolute atomic E-state index is 12.3. The van der Waals surface area contributed by atoms with Gasteiger partial charge in [-0.3, -0.25) is 4.57 Å². The Labute approximate surface area is 177 Å². The molecule has 170 valence electrons. The number of anilines is 1. The summed E-state index contributed by atoms with van der Waals surface area (Å²) < 4.78 is 6.54. The van der Waals surface area contributed by atoms with Gasteiger partial charge in [0.05, 0.1) is 6.61 Å². The molecule has 1 aliphatic rings. The molecular formula is C21H36N4O5. The normalized spacial score (nSPS) is 24.3. The quantitative estimate of drug-likeness (QED) is 0.386. The average molecular weight is 425 g/mol. The number of nitrogens with zero attached hydrogens (tertiary/aromatic N) is 3. The van der Waals surface area contributed by atoms with Gasteiger partial charge in [-0.1, -0.05) is 38.8 Å². The summed E-state index contributed by atoms with van der Waals surface area (Å²) in [6.07, 6.45) is 6.04. The van der Waals surface area contributed by atoms with Gasteiger partial charge in [-0.25, -0.2) is 4.79 Å². The molecule has 0 aromatic carbocycles. The third-order valence-electron chi connectivity index (χ3n) is 5.37. The van der Waals surface area contributed by atoms with E-state index in [0.29, 0.717) is 5.56 Å². The minimum Gasteiger partial charge on any atom is -0.394 e. The summed E-state index contributed by atoms with van der Waals surface area (Å²) in [6.45, 7) is 7.03. The van der Waals surface area contributed by atoms with Gasteiger partial charge in [-0.05, 0) is 32.4 Å². The summed E-state index contributed by atoms with van der Waals surface area (Å²) in [5.74, 6) is 0.0908. The van der Waals surface area contributed by atoms with Crippen LogP contribution in [-0.2, 0) is 4.74 Å². The van der Waals surface area contributed by atoms with E-state index in [1.807, 2.05) is 6.08 Å². The van der Waals surface area contributed by atoms with Crippen LogP contribution in [0.4, 0.5) is 5.82 Å². The van der Waals surface area contributed by atoms with Crippen LogP contribution in [0, 0.1) is 0 Å². The molecule has 2 rings (SSSR count).